The summed E-state index contributed by atoms with van der Waals surface area (Å²) in [6.07, 6.45) is 0.275. The number of hydrogen-bond donors (Lipinski definition) is 0. The summed E-state index contributed by atoms with van der Waals surface area (Å²) in [6, 6.07) is 8.02. The van der Waals surface area contributed by atoms with E-state index in [9.17, 15) is 25.9 Å². The Kier molecular flexibility index (Phi) is 7.90. The first kappa shape index (κ1) is 22.6. The molecule has 0 amide bonds. The molecule has 0 fully saturated rings. The van der Waals surface area contributed by atoms with Crippen LogP contribution in [-0.2, 0) is 26.7 Å². The van der Waals surface area contributed by atoms with Crippen LogP contribution in [0.3, 0.4) is 0 Å². The maximum absolute atomic E-state index is 11.0. The molecule has 0 N–H and O–H groups in total. The van der Waals surface area contributed by atoms with Gasteiger partial charge in [-0.25, -0.2) is 16.8 Å². The van der Waals surface area contributed by atoms with Crippen molar-refractivity contribution in [3.05, 3.63) is 47.5 Å². The minimum absolute atomic E-state index is 0. The maximum atomic E-state index is 11.0. The number of rotatable bonds is 2. The molecule has 2 aromatic carbocycles. The fraction of sp³-hybridized carbons (Fsp3) is 0.0769. The maximum Gasteiger partial charge on any atom is 1.00 e. The van der Waals surface area contributed by atoms with Crippen molar-refractivity contribution in [2.75, 3.05) is 0 Å². The van der Waals surface area contributed by atoms with Crippen molar-refractivity contribution in [1.82, 2.24) is 0 Å². The van der Waals surface area contributed by atoms with Gasteiger partial charge in [-0.2, -0.15) is 0 Å². The first-order valence-corrected chi connectivity index (χ1v) is 8.66. The van der Waals surface area contributed by atoms with Crippen LogP contribution in [0.1, 0.15) is 11.1 Å². The van der Waals surface area contributed by atoms with Crippen LogP contribution in [0, 0.1) is 0 Å². The summed E-state index contributed by atoms with van der Waals surface area (Å²) in [5.74, 6) is 0. The second-order valence-electron chi connectivity index (χ2n) is 4.72. The van der Waals surface area contributed by atoms with Crippen LogP contribution in [0.25, 0.3) is 11.1 Å². The van der Waals surface area contributed by atoms with Gasteiger partial charge in [0.25, 0.3) is 0 Å². The second-order valence-corrected chi connectivity index (χ2v) is 7.48. The van der Waals surface area contributed by atoms with Gasteiger partial charge < -0.3 is 9.11 Å². The SMILES string of the molecule is O=S(=O)([O-])c1ccc2c(c1)Cc1cc(S(=O)(=O)[O-])ccc1-2.[K+].[K+]. The van der Waals surface area contributed by atoms with E-state index in [0.29, 0.717) is 11.1 Å². The van der Waals surface area contributed by atoms with Crippen LogP contribution < -0.4 is 103 Å². The van der Waals surface area contributed by atoms with Gasteiger partial charge in [-0.1, -0.05) is 12.1 Å². The normalized spacial score (nSPS) is 12.6. The molecule has 6 nitrogen and oxygen atoms in total. The molecule has 0 aromatic heterocycles. The molecule has 3 rings (SSSR count). The quantitative estimate of drug-likeness (QED) is 0.313. The van der Waals surface area contributed by atoms with Crippen LogP contribution in [0.15, 0.2) is 46.2 Å². The van der Waals surface area contributed by atoms with E-state index in [-0.39, 0.29) is 119 Å². The van der Waals surface area contributed by atoms with Crippen molar-refractivity contribution < 1.29 is 129 Å². The molecule has 0 saturated carbocycles. The summed E-state index contributed by atoms with van der Waals surface area (Å²) < 4.78 is 66.1. The Balaban J connectivity index is 0.00000132. The van der Waals surface area contributed by atoms with Crippen LogP contribution in [0.4, 0.5) is 0 Å². The van der Waals surface area contributed by atoms with Gasteiger partial charge in [-0.3, -0.25) is 0 Å². The molecule has 110 valence electrons. The summed E-state index contributed by atoms with van der Waals surface area (Å²) in [5.41, 5.74) is 2.68. The van der Waals surface area contributed by atoms with Crippen molar-refractivity contribution >= 4 is 20.2 Å². The van der Waals surface area contributed by atoms with Gasteiger partial charge in [-0.05, 0) is 52.9 Å². The summed E-state index contributed by atoms with van der Waals surface area (Å²) in [6.45, 7) is 0. The summed E-state index contributed by atoms with van der Waals surface area (Å²) in [7, 11) is -9.08. The largest absolute Gasteiger partial charge is 1.00 e. The van der Waals surface area contributed by atoms with Crippen LogP contribution in [-0.4, -0.2) is 25.9 Å². The number of benzene rings is 2. The standard InChI is InChI=1S/C13H10O6S2.2K/c14-20(15,16)10-1-3-12-8(6-10)5-9-7-11(21(17,18)19)2-4-13(9)12;;/h1-4,6-7H,5H2,(H,14,15,16)(H,17,18,19);;/q;2*+1/p-2. The van der Waals surface area contributed by atoms with Crippen molar-refractivity contribution in [3.8, 4) is 11.1 Å². The van der Waals surface area contributed by atoms with E-state index in [1.807, 2.05) is 0 Å². The third kappa shape index (κ3) is 4.83. The minimum Gasteiger partial charge on any atom is -0.744 e. The predicted octanol–water partition coefficient (Wildman–Crippen LogP) is -4.93. The van der Waals surface area contributed by atoms with Crippen LogP contribution >= 0.6 is 0 Å². The van der Waals surface area contributed by atoms with Gasteiger partial charge in [0.05, 0.1) is 9.79 Å². The average molecular weight is 403 g/mol. The molecule has 0 heterocycles. The molecule has 0 unspecified atom stereocenters. The molecule has 0 spiro atoms. The van der Waals surface area contributed by atoms with Gasteiger partial charge in [0.15, 0.2) is 0 Å². The third-order valence-electron chi connectivity index (χ3n) is 3.40. The van der Waals surface area contributed by atoms with Crippen molar-refractivity contribution in [3.63, 3.8) is 0 Å². The average Bonchev–Trinajstić information content (AvgIpc) is 2.73. The molecule has 0 saturated heterocycles. The molecule has 1 aliphatic rings. The van der Waals surface area contributed by atoms with Crippen LogP contribution in [0.2, 0.25) is 0 Å². The smallest absolute Gasteiger partial charge is 0.744 e. The van der Waals surface area contributed by atoms with Crippen LogP contribution in [0.5, 0.6) is 0 Å². The third-order valence-corrected chi connectivity index (χ3v) is 5.06. The van der Waals surface area contributed by atoms with Crippen molar-refractivity contribution in [1.29, 1.82) is 0 Å². The van der Waals surface area contributed by atoms with E-state index in [0.717, 1.165) is 11.1 Å². The summed E-state index contributed by atoms with van der Waals surface area (Å²) in [4.78, 5) is -0.656. The zero-order valence-corrected chi connectivity index (χ0v) is 20.3. The Labute approximate surface area is 219 Å². The molecule has 0 aliphatic heterocycles. The predicted molar refractivity (Wildman–Crippen MR) is 70.6 cm³/mol. The molecule has 0 radical (unpaired) electrons. The number of fused-ring (bicyclic) bond motifs is 3. The zero-order chi connectivity index (χ0) is 15.4. The second kappa shape index (κ2) is 8.05. The van der Waals surface area contributed by atoms with E-state index in [4.69, 9.17) is 0 Å². The van der Waals surface area contributed by atoms with Gasteiger partial charge >= 0.3 is 103 Å². The Bertz CT molecular complexity index is 888. The Morgan fingerprint density at radius 2 is 1.04 bits per heavy atom. The van der Waals surface area contributed by atoms with Gasteiger partial charge in [0, 0.05) is 0 Å². The van der Waals surface area contributed by atoms with Crippen molar-refractivity contribution in [2.45, 2.75) is 16.2 Å². The molecule has 10 heteroatoms. The minimum atomic E-state index is -4.54. The van der Waals surface area contributed by atoms with E-state index in [2.05, 4.69) is 0 Å². The van der Waals surface area contributed by atoms with E-state index < -0.39 is 20.2 Å². The van der Waals surface area contributed by atoms with E-state index >= 15 is 0 Å². The van der Waals surface area contributed by atoms with Gasteiger partial charge in [0.2, 0.25) is 0 Å². The zero-order valence-electron chi connectivity index (χ0n) is 12.4. The van der Waals surface area contributed by atoms with E-state index in [1.165, 1.54) is 36.4 Å². The van der Waals surface area contributed by atoms with Gasteiger partial charge in [-0.15, -0.1) is 0 Å². The number of hydrogen-bond acceptors (Lipinski definition) is 6. The molecule has 0 bridgehead atoms. The fourth-order valence-electron chi connectivity index (χ4n) is 2.47. The molecule has 2 aromatic rings. The first-order valence-electron chi connectivity index (χ1n) is 5.84. The fourth-order valence-corrected chi connectivity index (χ4v) is 3.52. The summed E-state index contributed by atoms with van der Waals surface area (Å²) >= 11 is 0. The molecule has 0 atom stereocenters. The Hall–Kier alpha value is 1.53. The Morgan fingerprint density at radius 3 is 1.35 bits per heavy atom. The summed E-state index contributed by atoms with van der Waals surface area (Å²) in [5, 5.41) is 0. The van der Waals surface area contributed by atoms with Crippen molar-refractivity contribution in [2.24, 2.45) is 0 Å². The molecule has 1 aliphatic carbocycles. The topological polar surface area (TPSA) is 114 Å². The first-order chi connectivity index (χ1) is 9.66. The molecular formula is C13H8K2O6S2. The van der Waals surface area contributed by atoms with E-state index in [1.54, 1.807) is 0 Å². The molecule has 23 heavy (non-hydrogen) atoms. The molecular weight excluding hydrogens is 394 g/mol. The monoisotopic (exact) mass is 402 g/mol. The Morgan fingerprint density at radius 1 is 0.696 bits per heavy atom. The van der Waals surface area contributed by atoms with Gasteiger partial charge in [0.1, 0.15) is 20.2 Å².